The van der Waals surface area contributed by atoms with E-state index in [1.54, 1.807) is 9.80 Å². The summed E-state index contributed by atoms with van der Waals surface area (Å²) >= 11 is 3.52. The smallest absolute Gasteiger partial charge is 0.254 e. The Labute approximate surface area is 184 Å². The molecule has 30 heavy (non-hydrogen) atoms. The number of para-hydroxylation sites is 1. The van der Waals surface area contributed by atoms with Gasteiger partial charge in [-0.15, -0.1) is 0 Å². The van der Waals surface area contributed by atoms with E-state index in [1.165, 1.54) is 0 Å². The number of hydrogen-bond donors (Lipinski definition) is 1. The molecule has 1 saturated heterocycles. The lowest BCUT2D eigenvalue weighted by molar-refractivity contribution is -0.166. The number of carbonyl (C=O) groups is 2. The third-order valence-electron chi connectivity index (χ3n) is 6.58. The van der Waals surface area contributed by atoms with Crippen LogP contribution in [-0.4, -0.2) is 46.2 Å². The standard InChI is InChI=1S/C24H24BrN3O2/c1-3-12-27-14-20(29)28-13-18(15-8-10-16(25)11-9-15)21-17-6-4-5-7-19(17)26-22(21)24(28,2)23(27)30/h4-11,18,26H,3,12-14H2,1-2H3/t18-,24-/m0/s1. The number of nitrogens with zero attached hydrogens (tertiary/aromatic N) is 2. The fraction of sp³-hybridized carbons (Fsp3) is 0.333. The summed E-state index contributed by atoms with van der Waals surface area (Å²) in [5, 5.41) is 1.12. The molecule has 1 N–H and O–H groups in total. The van der Waals surface area contributed by atoms with Gasteiger partial charge in [-0.2, -0.15) is 0 Å². The normalized spacial score (nSPS) is 23.6. The highest BCUT2D eigenvalue weighted by atomic mass is 79.9. The Kier molecular flexibility index (Phi) is 4.51. The van der Waals surface area contributed by atoms with E-state index >= 15 is 0 Å². The maximum absolute atomic E-state index is 13.7. The van der Waals surface area contributed by atoms with Gasteiger partial charge in [0, 0.05) is 34.4 Å². The van der Waals surface area contributed by atoms with Crippen LogP contribution >= 0.6 is 15.9 Å². The molecule has 0 spiro atoms. The Morgan fingerprint density at radius 1 is 1.13 bits per heavy atom. The molecule has 6 heteroatoms. The van der Waals surface area contributed by atoms with Gasteiger partial charge in [-0.25, -0.2) is 0 Å². The Morgan fingerprint density at radius 2 is 1.87 bits per heavy atom. The highest BCUT2D eigenvalue weighted by Gasteiger charge is 2.55. The van der Waals surface area contributed by atoms with E-state index in [0.717, 1.165) is 38.6 Å². The number of piperazine rings is 1. The van der Waals surface area contributed by atoms with Gasteiger partial charge in [0.2, 0.25) is 5.91 Å². The number of fused-ring (bicyclic) bond motifs is 5. The van der Waals surface area contributed by atoms with Crippen LogP contribution in [0.5, 0.6) is 0 Å². The van der Waals surface area contributed by atoms with Crippen molar-refractivity contribution in [3.8, 4) is 0 Å². The molecule has 0 bridgehead atoms. The highest BCUT2D eigenvalue weighted by molar-refractivity contribution is 9.10. The Hall–Kier alpha value is -2.60. The summed E-state index contributed by atoms with van der Waals surface area (Å²) in [5.74, 6) is 0.0229. The molecule has 3 heterocycles. The zero-order chi connectivity index (χ0) is 21.0. The minimum Gasteiger partial charge on any atom is -0.356 e. The molecule has 2 aromatic carbocycles. The molecule has 0 unspecified atom stereocenters. The maximum atomic E-state index is 13.7. The van der Waals surface area contributed by atoms with Crippen molar-refractivity contribution in [3.05, 3.63) is 69.8 Å². The van der Waals surface area contributed by atoms with Crippen LogP contribution in [0.1, 0.15) is 43.0 Å². The first-order valence-electron chi connectivity index (χ1n) is 10.4. The molecular formula is C24H24BrN3O2. The SMILES string of the molecule is CCCN1CC(=O)N2C[C@@H](c3ccc(Br)cc3)c3c([nH]c4ccccc34)[C@@]2(C)C1=O. The van der Waals surface area contributed by atoms with Gasteiger partial charge in [-0.05, 0) is 42.7 Å². The van der Waals surface area contributed by atoms with Crippen LogP contribution in [0.3, 0.4) is 0 Å². The molecule has 1 fully saturated rings. The quantitative estimate of drug-likeness (QED) is 0.623. The summed E-state index contributed by atoms with van der Waals surface area (Å²) in [4.78, 5) is 33.9. The number of hydrogen-bond acceptors (Lipinski definition) is 2. The van der Waals surface area contributed by atoms with Crippen LogP contribution in [0.2, 0.25) is 0 Å². The first kappa shape index (κ1) is 19.4. The van der Waals surface area contributed by atoms with Crippen molar-refractivity contribution in [2.75, 3.05) is 19.6 Å². The van der Waals surface area contributed by atoms with Gasteiger partial charge in [-0.3, -0.25) is 9.59 Å². The first-order chi connectivity index (χ1) is 14.4. The molecule has 2 aliphatic heterocycles. The van der Waals surface area contributed by atoms with Gasteiger partial charge < -0.3 is 14.8 Å². The van der Waals surface area contributed by atoms with Crippen molar-refractivity contribution in [2.24, 2.45) is 0 Å². The molecule has 1 aromatic heterocycles. The fourth-order valence-corrected chi connectivity index (χ4v) is 5.38. The van der Waals surface area contributed by atoms with Crippen LogP contribution in [0.25, 0.3) is 10.9 Å². The number of amides is 2. The second kappa shape index (κ2) is 6.98. The van der Waals surface area contributed by atoms with Crippen molar-refractivity contribution in [1.82, 2.24) is 14.8 Å². The van der Waals surface area contributed by atoms with E-state index in [0.29, 0.717) is 13.1 Å². The number of H-pyrrole nitrogens is 1. The molecule has 0 radical (unpaired) electrons. The number of rotatable bonds is 3. The highest BCUT2D eigenvalue weighted by Crippen LogP contribution is 2.48. The lowest BCUT2D eigenvalue weighted by atomic mass is 9.76. The molecule has 0 aliphatic carbocycles. The summed E-state index contributed by atoms with van der Waals surface area (Å²) in [7, 11) is 0. The molecule has 3 aromatic rings. The van der Waals surface area contributed by atoms with Gasteiger partial charge in [-0.1, -0.05) is 53.2 Å². The summed E-state index contributed by atoms with van der Waals surface area (Å²) < 4.78 is 1.02. The summed E-state index contributed by atoms with van der Waals surface area (Å²) in [5.41, 5.74) is 3.11. The molecule has 2 atom stereocenters. The van der Waals surface area contributed by atoms with E-state index in [-0.39, 0.29) is 24.3 Å². The Morgan fingerprint density at radius 3 is 2.60 bits per heavy atom. The van der Waals surface area contributed by atoms with Crippen LogP contribution in [0.4, 0.5) is 0 Å². The number of aromatic amines is 1. The maximum Gasteiger partial charge on any atom is 0.254 e. The monoisotopic (exact) mass is 465 g/mol. The van der Waals surface area contributed by atoms with E-state index in [4.69, 9.17) is 0 Å². The van der Waals surface area contributed by atoms with Crippen molar-refractivity contribution in [2.45, 2.75) is 31.7 Å². The number of carbonyl (C=O) groups excluding carboxylic acids is 2. The van der Waals surface area contributed by atoms with Gasteiger partial charge in [0.15, 0.2) is 5.54 Å². The third-order valence-corrected chi connectivity index (χ3v) is 7.11. The molecular weight excluding hydrogens is 442 g/mol. The van der Waals surface area contributed by atoms with Crippen molar-refractivity contribution in [1.29, 1.82) is 0 Å². The van der Waals surface area contributed by atoms with Crippen LogP contribution in [0, 0.1) is 0 Å². The molecule has 5 nitrogen and oxygen atoms in total. The minimum atomic E-state index is -1.01. The molecule has 154 valence electrons. The van der Waals surface area contributed by atoms with Crippen molar-refractivity contribution < 1.29 is 9.59 Å². The Bertz CT molecular complexity index is 1150. The van der Waals surface area contributed by atoms with E-state index in [2.05, 4.69) is 39.1 Å². The average Bonchev–Trinajstić information content (AvgIpc) is 3.14. The molecule has 5 rings (SSSR count). The zero-order valence-corrected chi connectivity index (χ0v) is 18.7. The molecule has 2 aliphatic rings. The van der Waals surface area contributed by atoms with E-state index in [1.807, 2.05) is 44.2 Å². The van der Waals surface area contributed by atoms with Crippen LogP contribution < -0.4 is 0 Å². The number of benzene rings is 2. The van der Waals surface area contributed by atoms with Crippen LogP contribution in [0.15, 0.2) is 53.0 Å². The molecule has 0 saturated carbocycles. The predicted molar refractivity (Wildman–Crippen MR) is 120 cm³/mol. The summed E-state index contributed by atoms with van der Waals surface area (Å²) in [6.45, 7) is 5.19. The number of aromatic nitrogens is 1. The van der Waals surface area contributed by atoms with Crippen molar-refractivity contribution in [3.63, 3.8) is 0 Å². The largest absolute Gasteiger partial charge is 0.356 e. The average molecular weight is 466 g/mol. The summed E-state index contributed by atoms with van der Waals surface area (Å²) in [6, 6.07) is 16.4. The van der Waals surface area contributed by atoms with Gasteiger partial charge >= 0.3 is 0 Å². The van der Waals surface area contributed by atoms with Gasteiger partial charge in [0.1, 0.15) is 0 Å². The lowest BCUT2D eigenvalue weighted by Crippen LogP contribution is -2.67. The van der Waals surface area contributed by atoms with E-state index < -0.39 is 5.54 Å². The van der Waals surface area contributed by atoms with Crippen molar-refractivity contribution >= 4 is 38.6 Å². The summed E-state index contributed by atoms with van der Waals surface area (Å²) in [6.07, 6.45) is 0.830. The van der Waals surface area contributed by atoms with Gasteiger partial charge in [0.05, 0.1) is 12.2 Å². The molecule has 2 amide bonds. The second-order valence-electron chi connectivity index (χ2n) is 8.37. The van der Waals surface area contributed by atoms with E-state index in [9.17, 15) is 9.59 Å². The Balaban J connectivity index is 1.76. The second-order valence-corrected chi connectivity index (χ2v) is 9.28. The minimum absolute atomic E-state index is 0.00557. The van der Waals surface area contributed by atoms with Crippen LogP contribution in [-0.2, 0) is 15.1 Å². The third kappa shape index (κ3) is 2.66. The fourth-order valence-electron chi connectivity index (χ4n) is 5.12. The zero-order valence-electron chi connectivity index (χ0n) is 17.1. The number of nitrogens with one attached hydrogen (secondary N) is 1. The predicted octanol–water partition coefficient (Wildman–Crippen LogP) is 4.37. The topological polar surface area (TPSA) is 56.4 Å². The number of halogens is 1. The first-order valence-corrected chi connectivity index (χ1v) is 11.2. The van der Waals surface area contributed by atoms with Gasteiger partial charge in [0.25, 0.3) is 5.91 Å². The lowest BCUT2D eigenvalue weighted by Gasteiger charge is -2.51.